The molecule has 0 fully saturated rings. The Morgan fingerprint density at radius 2 is 1.76 bits per heavy atom. The highest BCUT2D eigenvalue weighted by atomic mass is 16.3. The highest BCUT2D eigenvalue weighted by Crippen LogP contribution is 2.19. The van der Waals surface area contributed by atoms with Crippen LogP contribution >= 0.6 is 0 Å². The summed E-state index contributed by atoms with van der Waals surface area (Å²) >= 11 is 0. The number of hydrogen-bond acceptors (Lipinski definition) is 4. The van der Waals surface area contributed by atoms with Gasteiger partial charge in [0, 0.05) is 24.6 Å². The molecule has 2 aromatic carbocycles. The Morgan fingerprint density at radius 1 is 1.16 bits per heavy atom. The van der Waals surface area contributed by atoms with E-state index in [1.54, 1.807) is 36.2 Å². The Labute approximate surface area is 147 Å². The summed E-state index contributed by atoms with van der Waals surface area (Å²) in [5, 5.41) is 21.3. The minimum absolute atomic E-state index is 0.0106. The van der Waals surface area contributed by atoms with E-state index in [2.05, 4.69) is 19.2 Å². The van der Waals surface area contributed by atoms with Crippen molar-refractivity contribution in [3.8, 4) is 11.8 Å². The number of phenolic OH excluding ortho intramolecular Hbond substituents is 1. The standard InChI is InChI=1S/C20H21N3O2/c1-14(2)15-4-6-17(7-5-15)22-20(25)16(12-21)13-23(3)18-8-10-19(24)11-9-18/h4-11,13-14,24H,1-3H3,(H,22,25)/b16-13-. The molecule has 0 aliphatic heterocycles. The van der Waals surface area contributed by atoms with Crippen LogP contribution in [0.5, 0.6) is 5.75 Å². The zero-order valence-corrected chi connectivity index (χ0v) is 14.5. The van der Waals surface area contributed by atoms with E-state index in [1.165, 1.54) is 11.8 Å². The van der Waals surface area contributed by atoms with Crippen LogP contribution in [0.1, 0.15) is 25.3 Å². The van der Waals surface area contributed by atoms with Crippen molar-refractivity contribution >= 4 is 17.3 Å². The number of nitrogens with one attached hydrogen (secondary N) is 1. The molecule has 25 heavy (non-hydrogen) atoms. The number of aromatic hydroxyl groups is 1. The predicted octanol–water partition coefficient (Wildman–Crippen LogP) is 4.00. The van der Waals surface area contributed by atoms with E-state index >= 15 is 0 Å². The van der Waals surface area contributed by atoms with Crippen LogP contribution < -0.4 is 10.2 Å². The summed E-state index contributed by atoms with van der Waals surface area (Å²) in [5.41, 5.74) is 2.56. The number of benzene rings is 2. The highest BCUT2D eigenvalue weighted by molar-refractivity contribution is 6.06. The van der Waals surface area contributed by atoms with Crippen molar-refractivity contribution < 1.29 is 9.90 Å². The van der Waals surface area contributed by atoms with Gasteiger partial charge in [0.1, 0.15) is 17.4 Å². The summed E-state index contributed by atoms with van der Waals surface area (Å²) in [6, 6.07) is 16.0. The molecule has 0 aromatic heterocycles. The Balaban J connectivity index is 2.12. The quantitative estimate of drug-likeness (QED) is 0.640. The van der Waals surface area contributed by atoms with Gasteiger partial charge in [-0.05, 0) is 47.9 Å². The number of phenols is 1. The molecule has 0 radical (unpaired) electrons. The van der Waals surface area contributed by atoms with E-state index < -0.39 is 5.91 Å². The lowest BCUT2D eigenvalue weighted by atomic mass is 10.0. The van der Waals surface area contributed by atoms with Gasteiger partial charge in [0.25, 0.3) is 5.91 Å². The van der Waals surface area contributed by atoms with Crippen molar-refractivity contribution in [3.05, 3.63) is 65.9 Å². The van der Waals surface area contributed by atoms with Crippen LogP contribution in [-0.4, -0.2) is 18.1 Å². The van der Waals surface area contributed by atoms with Crippen LogP contribution in [0.2, 0.25) is 0 Å². The average Bonchev–Trinajstić information content (AvgIpc) is 2.60. The summed E-state index contributed by atoms with van der Waals surface area (Å²) in [6.45, 7) is 4.20. The molecule has 5 nitrogen and oxygen atoms in total. The SMILES string of the molecule is CC(C)c1ccc(NC(=O)/C(C#N)=C\N(C)c2ccc(O)cc2)cc1. The van der Waals surface area contributed by atoms with Gasteiger partial charge in [0.2, 0.25) is 0 Å². The topological polar surface area (TPSA) is 76.4 Å². The number of hydrogen-bond donors (Lipinski definition) is 2. The molecule has 2 aromatic rings. The summed E-state index contributed by atoms with van der Waals surface area (Å²) < 4.78 is 0. The van der Waals surface area contributed by atoms with E-state index in [-0.39, 0.29) is 11.3 Å². The lowest BCUT2D eigenvalue weighted by Crippen LogP contribution is -2.17. The van der Waals surface area contributed by atoms with Gasteiger partial charge >= 0.3 is 0 Å². The van der Waals surface area contributed by atoms with Crippen LogP contribution in [0, 0.1) is 11.3 Å². The lowest BCUT2D eigenvalue weighted by molar-refractivity contribution is -0.112. The first-order chi connectivity index (χ1) is 11.9. The maximum atomic E-state index is 12.3. The maximum Gasteiger partial charge on any atom is 0.267 e. The Bertz CT molecular complexity index is 800. The summed E-state index contributed by atoms with van der Waals surface area (Å²) in [5.74, 6) is 0.105. The third kappa shape index (κ3) is 4.85. The van der Waals surface area contributed by atoms with Crippen LogP contribution in [-0.2, 0) is 4.79 Å². The number of rotatable bonds is 5. The second-order valence-corrected chi connectivity index (χ2v) is 6.01. The van der Waals surface area contributed by atoms with Crippen molar-refractivity contribution in [2.75, 3.05) is 17.3 Å². The molecule has 0 atom stereocenters. The molecular weight excluding hydrogens is 314 g/mol. The first-order valence-electron chi connectivity index (χ1n) is 7.96. The van der Waals surface area contributed by atoms with E-state index in [0.29, 0.717) is 11.6 Å². The molecule has 0 aliphatic carbocycles. The second-order valence-electron chi connectivity index (χ2n) is 6.01. The van der Waals surface area contributed by atoms with Gasteiger partial charge in [-0.3, -0.25) is 4.79 Å². The van der Waals surface area contributed by atoms with Crippen molar-refractivity contribution in [3.63, 3.8) is 0 Å². The van der Waals surface area contributed by atoms with Crippen LogP contribution in [0.3, 0.4) is 0 Å². The summed E-state index contributed by atoms with van der Waals surface area (Å²) in [4.78, 5) is 14.0. The third-order valence-electron chi connectivity index (χ3n) is 3.78. The molecule has 0 aliphatic rings. The van der Waals surface area contributed by atoms with Crippen molar-refractivity contribution in [1.82, 2.24) is 0 Å². The molecule has 0 unspecified atom stereocenters. The fourth-order valence-corrected chi connectivity index (χ4v) is 2.24. The monoisotopic (exact) mass is 335 g/mol. The normalized spacial score (nSPS) is 11.1. The second kappa shape index (κ2) is 8.02. The van der Waals surface area contributed by atoms with Gasteiger partial charge in [0.05, 0.1) is 0 Å². The van der Waals surface area contributed by atoms with E-state index in [9.17, 15) is 15.2 Å². The number of carbonyl (C=O) groups excluding carboxylic acids is 1. The van der Waals surface area contributed by atoms with Crippen LogP contribution in [0.4, 0.5) is 11.4 Å². The molecule has 0 heterocycles. The van der Waals surface area contributed by atoms with E-state index in [0.717, 1.165) is 5.69 Å². The molecule has 0 saturated heterocycles. The van der Waals surface area contributed by atoms with Gasteiger partial charge in [-0.15, -0.1) is 0 Å². The number of amides is 1. The smallest absolute Gasteiger partial charge is 0.267 e. The first-order valence-corrected chi connectivity index (χ1v) is 7.96. The van der Waals surface area contributed by atoms with Crippen molar-refractivity contribution in [2.45, 2.75) is 19.8 Å². The van der Waals surface area contributed by atoms with Crippen LogP contribution in [0.15, 0.2) is 60.3 Å². The lowest BCUT2D eigenvalue weighted by Gasteiger charge is -2.15. The van der Waals surface area contributed by atoms with Gasteiger partial charge in [-0.2, -0.15) is 5.26 Å². The van der Waals surface area contributed by atoms with Crippen LogP contribution in [0.25, 0.3) is 0 Å². The minimum Gasteiger partial charge on any atom is -0.508 e. The van der Waals surface area contributed by atoms with E-state index in [1.807, 2.05) is 30.3 Å². The molecule has 0 spiro atoms. The Morgan fingerprint density at radius 3 is 2.28 bits per heavy atom. The van der Waals surface area contributed by atoms with Gasteiger partial charge < -0.3 is 15.3 Å². The molecule has 5 heteroatoms. The fourth-order valence-electron chi connectivity index (χ4n) is 2.24. The molecule has 1 amide bonds. The molecule has 2 N–H and O–H groups in total. The number of anilines is 2. The number of carbonyl (C=O) groups is 1. The summed E-state index contributed by atoms with van der Waals surface area (Å²) in [6.07, 6.45) is 1.46. The average molecular weight is 335 g/mol. The molecule has 0 saturated carbocycles. The number of nitriles is 1. The van der Waals surface area contributed by atoms with Gasteiger partial charge in [0.15, 0.2) is 0 Å². The fraction of sp³-hybridized carbons (Fsp3) is 0.200. The molecular formula is C20H21N3O2. The van der Waals surface area contributed by atoms with Crippen molar-refractivity contribution in [1.29, 1.82) is 5.26 Å². The Kier molecular flexibility index (Phi) is 5.80. The maximum absolute atomic E-state index is 12.3. The largest absolute Gasteiger partial charge is 0.508 e. The van der Waals surface area contributed by atoms with Gasteiger partial charge in [-0.1, -0.05) is 26.0 Å². The number of nitrogens with zero attached hydrogens (tertiary/aromatic N) is 2. The minimum atomic E-state index is -0.467. The highest BCUT2D eigenvalue weighted by Gasteiger charge is 2.11. The zero-order chi connectivity index (χ0) is 18.4. The molecule has 0 bridgehead atoms. The zero-order valence-electron chi connectivity index (χ0n) is 14.5. The summed E-state index contributed by atoms with van der Waals surface area (Å²) in [7, 11) is 1.73. The van der Waals surface area contributed by atoms with E-state index in [4.69, 9.17) is 0 Å². The predicted molar refractivity (Wildman–Crippen MR) is 99.4 cm³/mol. The first kappa shape index (κ1) is 18.1. The van der Waals surface area contributed by atoms with Gasteiger partial charge in [-0.25, -0.2) is 0 Å². The molecule has 128 valence electrons. The Hall–Kier alpha value is -3.26. The molecule has 2 rings (SSSR count). The third-order valence-corrected chi connectivity index (χ3v) is 3.78. The van der Waals surface area contributed by atoms with Crippen molar-refractivity contribution in [2.24, 2.45) is 0 Å².